The average Bonchev–Trinajstić information content (AvgIpc) is 3.44. The van der Waals surface area contributed by atoms with Crippen LogP contribution in [0.15, 0.2) is 18.2 Å². The largest absolute Gasteiger partial charge is 0.370 e. The van der Waals surface area contributed by atoms with Crippen molar-refractivity contribution in [3.05, 3.63) is 35.4 Å². The summed E-state index contributed by atoms with van der Waals surface area (Å²) < 4.78 is 60.2. The number of sulfonamides is 1. The van der Waals surface area contributed by atoms with Gasteiger partial charge < -0.3 is 10.5 Å². The first-order chi connectivity index (χ1) is 13.3. The molecule has 3 aliphatic heterocycles. The van der Waals surface area contributed by atoms with Gasteiger partial charge in [-0.3, -0.25) is 4.90 Å². The Bertz CT molecular complexity index is 879. The summed E-state index contributed by atoms with van der Waals surface area (Å²) in [7, 11) is -3.13. The zero-order valence-corrected chi connectivity index (χ0v) is 16.3. The fraction of sp³-hybridized carbons (Fsp3) is 0.684. The summed E-state index contributed by atoms with van der Waals surface area (Å²) in [5, 5.41) is -0.171. The van der Waals surface area contributed by atoms with Crippen molar-refractivity contribution in [3.8, 4) is 0 Å². The van der Waals surface area contributed by atoms with Crippen molar-refractivity contribution in [3.63, 3.8) is 0 Å². The highest BCUT2D eigenvalue weighted by Crippen LogP contribution is 2.42. The molecule has 3 saturated heterocycles. The molecule has 2 N–H and O–H groups in total. The molecule has 0 spiro atoms. The fourth-order valence-electron chi connectivity index (χ4n) is 4.92. The molecule has 154 valence electrons. The van der Waals surface area contributed by atoms with Gasteiger partial charge in [0.05, 0.1) is 11.9 Å². The first kappa shape index (κ1) is 18.9. The van der Waals surface area contributed by atoms with Crippen LogP contribution in [0.1, 0.15) is 30.9 Å². The van der Waals surface area contributed by atoms with Gasteiger partial charge in [-0.25, -0.2) is 17.2 Å². The molecule has 2 unspecified atom stereocenters. The number of rotatable bonds is 4. The third kappa shape index (κ3) is 3.08. The number of fused-ring (bicyclic) bond motifs is 1. The molecule has 0 bridgehead atoms. The van der Waals surface area contributed by atoms with Gasteiger partial charge in [0, 0.05) is 49.2 Å². The van der Waals surface area contributed by atoms with E-state index in [0.717, 1.165) is 37.6 Å². The Balaban J connectivity index is 1.23. The van der Waals surface area contributed by atoms with Crippen molar-refractivity contribution < 1.29 is 21.9 Å². The molecular weight excluding hydrogens is 388 g/mol. The molecule has 4 aliphatic rings. The van der Waals surface area contributed by atoms with E-state index in [0.29, 0.717) is 32.0 Å². The molecule has 5 atom stereocenters. The first-order valence-electron chi connectivity index (χ1n) is 9.91. The summed E-state index contributed by atoms with van der Waals surface area (Å²) in [5.41, 5.74) is 6.43. The van der Waals surface area contributed by atoms with E-state index in [2.05, 4.69) is 4.90 Å². The van der Waals surface area contributed by atoms with Crippen molar-refractivity contribution in [1.82, 2.24) is 9.21 Å². The highest BCUT2D eigenvalue weighted by molar-refractivity contribution is 7.90. The van der Waals surface area contributed by atoms with Crippen LogP contribution in [0, 0.1) is 17.6 Å². The Labute approximate surface area is 163 Å². The van der Waals surface area contributed by atoms with Crippen molar-refractivity contribution in [1.29, 1.82) is 0 Å². The number of halogens is 2. The van der Waals surface area contributed by atoms with E-state index in [1.807, 2.05) is 0 Å². The molecule has 5 rings (SSSR count). The monoisotopic (exact) mass is 413 g/mol. The molecule has 0 amide bonds. The molecule has 1 aromatic rings. The summed E-state index contributed by atoms with van der Waals surface area (Å²) in [4.78, 5) is 2.26. The molecule has 6 nitrogen and oxygen atoms in total. The second-order valence-electron chi connectivity index (χ2n) is 8.57. The van der Waals surface area contributed by atoms with E-state index in [9.17, 15) is 17.2 Å². The summed E-state index contributed by atoms with van der Waals surface area (Å²) in [6, 6.07) is 3.01. The van der Waals surface area contributed by atoms with E-state index in [1.54, 1.807) is 4.31 Å². The maximum atomic E-state index is 14.1. The summed E-state index contributed by atoms with van der Waals surface area (Å²) >= 11 is 0. The molecule has 0 radical (unpaired) electrons. The second-order valence-corrected chi connectivity index (χ2v) is 10.7. The first-order valence-corrected chi connectivity index (χ1v) is 11.4. The Morgan fingerprint density at radius 1 is 1.14 bits per heavy atom. The SMILES string of the molecule is N[C@H]1C[C@@H](N2CC3CN(S(=O)(=O)C4CC4)C3C2)CO[C@@H]1c1cc(F)ccc1F. The van der Waals surface area contributed by atoms with Gasteiger partial charge in [-0.05, 0) is 37.5 Å². The topological polar surface area (TPSA) is 75.9 Å². The summed E-state index contributed by atoms with van der Waals surface area (Å²) in [5.74, 6) is -0.661. The van der Waals surface area contributed by atoms with Crippen molar-refractivity contribution >= 4 is 10.0 Å². The van der Waals surface area contributed by atoms with Gasteiger partial charge in [0.2, 0.25) is 10.0 Å². The highest BCUT2D eigenvalue weighted by Gasteiger charge is 2.55. The minimum Gasteiger partial charge on any atom is -0.370 e. The number of hydrogen-bond donors (Lipinski definition) is 1. The van der Waals surface area contributed by atoms with Crippen LogP contribution in [0.5, 0.6) is 0 Å². The third-order valence-electron chi connectivity index (χ3n) is 6.67. The van der Waals surface area contributed by atoms with Gasteiger partial charge in [-0.2, -0.15) is 4.31 Å². The predicted octanol–water partition coefficient (Wildman–Crippen LogP) is 1.23. The number of nitrogens with two attached hydrogens (primary N) is 1. The standard InChI is InChI=1S/C19H25F2N3O3S/c20-12-1-4-16(21)15(5-12)19-17(22)6-13(10-27-19)23-7-11-8-24(18(11)9-23)28(25,26)14-2-3-14/h1,4-5,11,13-14,17-19H,2-3,6-10,22H2/t11?,13-,17+,18?,19-/m1/s1. The van der Waals surface area contributed by atoms with Crippen LogP contribution in [0.4, 0.5) is 8.78 Å². The van der Waals surface area contributed by atoms with Crippen LogP contribution in [0.2, 0.25) is 0 Å². The van der Waals surface area contributed by atoms with E-state index in [-0.39, 0.29) is 22.9 Å². The lowest BCUT2D eigenvalue weighted by molar-refractivity contribution is -0.0474. The molecule has 1 saturated carbocycles. The lowest BCUT2D eigenvalue weighted by Gasteiger charge is -2.42. The fourth-order valence-corrected chi connectivity index (χ4v) is 7.05. The smallest absolute Gasteiger partial charge is 0.217 e. The van der Waals surface area contributed by atoms with Crippen LogP contribution in [0.3, 0.4) is 0 Å². The van der Waals surface area contributed by atoms with Crippen molar-refractivity contribution in [2.24, 2.45) is 11.7 Å². The molecule has 9 heteroatoms. The number of likely N-dealkylation sites (tertiary alicyclic amines) is 1. The number of hydrogen-bond acceptors (Lipinski definition) is 5. The molecular formula is C19H25F2N3O3S. The Morgan fingerprint density at radius 2 is 1.93 bits per heavy atom. The molecule has 1 aromatic carbocycles. The van der Waals surface area contributed by atoms with E-state index in [4.69, 9.17) is 10.5 Å². The maximum absolute atomic E-state index is 14.1. The van der Waals surface area contributed by atoms with Crippen LogP contribution in [-0.4, -0.2) is 67.2 Å². The Kier molecular flexibility index (Phi) is 4.52. The number of ether oxygens (including phenoxy) is 1. The minimum absolute atomic E-state index is 0.0558. The quantitative estimate of drug-likeness (QED) is 0.804. The Hall–Kier alpha value is -1.13. The minimum atomic E-state index is -3.13. The molecule has 4 fully saturated rings. The highest BCUT2D eigenvalue weighted by atomic mass is 32.2. The third-order valence-corrected chi connectivity index (χ3v) is 9.06. The van der Waals surface area contributed by atoms with E-state index >= 15 is 0 Å². The van der Waals surface area contributed by atoms with Crippen molar-refractivity contribution in [2.75, 3.05) is 26.2 Å². The van der Waals surface area contributed by atoms with Gasteiger partial charge in [0.15, 0.2) is 0 Å². The average molecular weight is 413 g/mol. The second kappa shape index (κ2) is 6.70. The number of nitrogens with zero attached hydrogens (tertiary/aromatic N) is 2. The normalized spacial score (nSPS) is 36.9. The van der Waals surface area contributed by atoms with Gasteiger partial charge >= 0.3 is 0 Å². The maximum Gasteiger partial charge on any atom is 0.217 e. The van der Waals surface area contributed by atoms with Gasteiger partial charge in [-0.1, -0.05) is 0 Å². The zero-order chi connectivity index (χ0) is 19.6. The van der Waals surface area contributed by atoms with E-state index < -0.39 is 33.8 Å². The van der Waals surface area contributed by atoms with Gasteiger partial charge in [0.25, 0.3) is 0 Å². The molecule has 3 heterocycles. The Morgan fingerprint density at radius 3 is 2.64 bits per heavy atom. The molecule has 0 aromatic heterocycles. The molecule has 28 heavy (non-hydrogen) atoms. The van der Waals surface area contributed by atoms with Crippen LogP contribution in [-0.2, 0) is 14.8 Å². The van der Waals surface area contributed by atoms with Crippen LogP contribution >= 0.6 is 0 Å². The van der Waals surface area contributed by atoms with Crippen LogP contribution < -0.4 is 5.73 Å². The van der Waals surface area contributed by atoms with Crippen LogP contribution in [0.25, 0.3) is 0 Å². The van der Waals surface area contributed by atoms with Crippen molar-refractivity contribution in [2.45, 2.75) is 48.7 Å². The number of benzene rings is 1. The molecule has 1 aliphatic carbocycles. The van der Waals surface area contributed by atoms with Gasteiger partial charge in [0.1, 0.15) is 17.7 Å². The van der Waals surface area contributed by atoms with E-state index in [1.165, 1.54) is 0 Å². The zero-order valence-electron chi connectivity index (χ0n) is 15.5. The lowest BCUT2D eigenvalue weighted by atomic mass is 9.93. The predicted molar refractivity (Wildman–Crippen MR) is 98.9 cm³/mol. The van der Waals surface area contributed by atoms with Gasteiger partial charge in [-0.15, -0.1) is 0 Å². The summed E-state index contributed by atoms with van der Waals surface area (Å²) in [6.45, 7) is 2.51. The lowest BCUT2D eigenvalue weighted by Crippen LogP contribution is -2.58. The summed E-state index contributed by atoms with van der Waals surface area (Å²) in [6.07, 6.45) is 1.50.